The van der Waals surface area contributed by atoms with Gasteiger partial charge in [0.05, 0.1) is 6.17 Å². The van der Waals surface area contributed by atoms with Crippen molar-refractivity contribution in [3.63, 3.8) is 0 Å². The molecule has 0 radical (unpaired) electrons. The number of hydrogen-bond acceptors (Lipinski definition) is 2. The van der Waals surface area contributed by atoms with Gasteiger partial charge < -0.3 is 5.73 Å². The maximum Gasteiger partial charge on any atom is 0.0736 e. The van der Waals surface area contributed by atoms with Crippen molar-refractivity contribution in [1.82, 2.24) is 4.90 Å². The molecule has 0 bridgehead atoms. The van der Waals surface area contributed by atoms with Gasteiger partial charge in [-0.3, -0.25) is 4.90 Å². The minimum absolute atomic E-state index is 0.453. The van der Waals surface area contributed by atoms with Gasteiger partial charge in [0, 0.05) is 12.6 Å². The number of piperidine rings is 1. The largest absolute Gasteiger partial charge is 0.314 e. The van der Waals surface area contributed by atoms with Gasteiger partial charge in [-0.15, -0.1) is 0 Å². The fourth-order valence-corrected chi connectivity index (χ4v) is 1.49. The van der Waals surface area contributed by atoms with E-state index in [0.29, 0.717) is 6.17 Å². The topological polar surface area (TPSA) is 29.0 Å². The van der Waals surface area contributed by atoms with Gasteiger partial charge in [0.15, 0.2) is 0 Å². The van der Waals surface area contributed by atoms with Crippen molar-refractivity contribution in [2.45, 2.75) is 25.0 Å². The highest BCUT2D eigenvalue weighted by Crippen LogP contribution is 2.33. The highest BCUT2D eigenvalue weighted by molar-refractivity contribution is 5.01. The van der Waals surface area contributed by atoms with Crippen LogP contribution in [-0.4, -0.2) is 23.7 Å². The third kappa shape index (κ3) is 0.359. The van der Waals surface area contributed by atoms with E-state index in [0.717, 1.165) is 6.04 Å². The van der Waals surface area contributed by atoms with Crippen LogP contribution in [0.5, 0.6) is 0 Å². The highest BCUT2D eigenvalue weighted by Gasteiger charge is 2.47. The first kappa shape index (κ1) is 3.87. The quantitative estimate of drug-likeness (QED) is 0.423. The Labute approximate surface area is 43.3 Å². The molecule has 0 aromatic carbocycles. The molecule has 0 saturated carbocycles. The maximum atomic E-state index is 5.60. The minimum atomic E-state index is 0.453. The summed E-state index contributed by atoms with van der Waals surface area (Å²) < 4.78 is 0. The molecule has 2 N–H and O–H groups in total. The number of hydrogen-bond donors (Lipinski definition) is 1. The molecule has 0 aromatic heterocycles. The molecule has 0 aromatic rings. The van der Waals surface area contributed by atoms with Crippen LogP contribution in [0, 0.1) is 0 Å². The zero-order chi connectivity index (χ0) is 4.85. The van der Waals surface area contributed by atoms with Gasteiger partial charge in [-0.25, -0.2) is 0 Å². The van der Waals surface area contributed by atoms with Crippen LogP contribution in [0.25, 0.3) is 0 Å². The average molecular weight is 98.1 g/mol. The van der Waals surface area contributed by atoms with E-state index in [2.05, 4.69) is 4.90 Å². The predicted molar refractivity (Wildman–Crippen MR) is 27.7 cm³/mol. The molecule has 0 aliphatic carbocycles. The van der Waals surface area contributed by atoms with E-state index in [1.54, 1.807) is 0 Å². The van der Waals surface area contributed by atoms with E-state index in [-0.39, 0.29) is 0 Å². The van der Waals surface area contributed by atoms with Gasteiger partial charge in [-0.05, 0) is 12.8 Å². The number of rotatable bonds is 0. The summed E-state index contributed by atoms with van der Waals surface area (Å²) in [4.78, 5) is 2.35. The second kappa shape index (κ2) is 1.01. The molecule has 2 rings (SSSR count). The number of nitrogens with zero attached hydrogens (tertiary/aromatic N) is 1. The SMILES string of the molecule is NC1C2CCCN12. The van der Waals surface area contributed by atoms with Crippen LogP contribution in [0.4, 0.5) is 0 Å². The summed E-state index contributed by atoms with van der Waals surface area (Å²) in [7, 11) is 0. The maximum absolute atomic E-state index is 5.60. The van der Waals surface area contributed by atoms with E-state index >= 15 is 0 Å². The van der Waals surface area contributed by atoms with Gasteiger partial charge in [0.25, 0.3) is 0 Å². The van der Waals surface area contributed by atoms with Crippen molar-refractivity contribution in [1.29, 1.82) is 0 Å². The molecule has 2 aliphatic heterocycles. The van der Waals surface area contributed by atoms with Crippen molar-refractivity contribution >= 4 is 0 Å². The summed E-state index contributed by atoms with van der Waals surface area (Å²) in [6.45, 7) is 1.26. The zero-order valence-corrected chi connectivity index (χ0v) is 4.30. The van der Waals surface area contributed by atoms with Crippen molar-refractivity contribution in [2.24, 2.45) is 5.73 Å². The normalized spacial score (nSPS) is 57.0. The van der Waals surface area contributed by atoms with E-state index in [4.69, 9.17) is 5.73 Å². The third-order valence-corrected chi connectivity index (χ3v) is 2.03. The molecule has 2 heteroatoms. The predicted octanol–water partition coefficient (Wildman–Crippen LogP) is -0.251. The molecule has 2 aliphatic rings. The van der Waals surface area contributed by atoms with E-state index < -0.39 is 0 Å². The molecule has 40 valence electrons. The molecule has 3 atom stereocenters. The Kier molecular flexibility index (Phi) is 0.557. The summed E-state index contributed by atoms with van der Waals surface area (Å²) in [6, 6.07) is 0.792. The fraction of sp³-hybridized carbons (Fsp3) is 1.00. The van der Waals surface area contributed by atoms with Gasteiger partial charge in [-0.2, -0.15) is 0 Å². The molecular weight excluding hydrogens is 88.1 g/mol. The average Bonchev–Trinajstić information content (AvgIpc) is 2.26. The lowest BCUT2D eigenvalue weighted by Crippen LogP contribution is -2.12. The smallest absolute Gasteiger partial charge is 0.0736 e. The van der Waals surface area contributed by atoms with Crippen LogP contribution in [0.2, 0.25) is 0 Å². The summed E-state index contributed by atoms with van der Waals surface area (Å²) >= 11 is 0. The Hall–Kier alpha value is -0.0800. The second-order valence-corrected chi connectivity index (χ2v) is 2.44. The second-order valence-electron chi connectivity index (χ2n) is 2.44. The first-order valence-corrected chi connectivity index (χ1v) is 2.91. The minimum Gasteiger partial charge on any atom is -0.314 e. The van der Waals surface area contributed by atoms with Crippen LogP contribution in [0.15, 0.2) is 0 Å². The van der Waals surface area contributed by atoms with Crippen LogP contribution >= 0.6 is 0 Å². The first-order chi connectivity index (χ1) is 3.39. The lowest BCUT2D eigenvalue weighted by molar-refractivity contribution is 0.538. The van der Waals surface area contributed by atoms with Gasteiger partial charge in [0.2, 0.25) is 0 Å². The Balaban J connectivity index is 2.06. The van der Waals surface area contributed by atoms with Crippen molar-refractivity contribution in [3.8, 4) is 0 Å². The number of fused-ring (bicyclic) bond motifs is 1. The third-order valence-electron chi connectivity index (χ3n) is 2.03. The number of nitrogens with two attached hydrogens (primary N) is 1. The Bertz CT molecular complexity index is 82.1. The van der Waals surface area contributed by atoms with Gasteiger partial charge >= 0.3 is 0 Å². The van der Waals surface area contributed by atoms with Crippen LogP contribution < -0.4 is 5.73 Å². The molecule has 0 spiro atoms. The molecular formula is C5H10N2. The summed E-state index contributed by atoms with van der Waals surface area (Å²) in [6.07, 6.45) is 3.17. The molecule has 2 saturated heterocycles. The van der Waals surface area contributed by atoms with E-state index in [9.17, 15) is 0 Å². The van der Waals surface area contributed by atoms with Crippen LogP contribution in [-0.2, 0) is 0 Å². The zero-order valence-electron chi connectivity index (χ0n) is 4.30. The van der Waals surface area contributed by atoms with Crippen molar-refractivity contribution in [3.05, 3.63) is 0 Å². The highest BCUT2D eigenvalue weighted by atomic mass is 15.4. The van der Waals surface area contributed by atoms with E-state index in [1.165, 1.54) is 19.4 Å². The summed E-state index contributed by atoms with van der Waals surface area (Å²) in [5.74, 6) is 0. The Morgan fingerprint density at radius 3 is 2.71 bits per heavy atom. The van der Waals surface area contributed by atoms with Crippen LogP contribution in [0.3, 0.4) is 0 Å². The van der Waals surface area contributed by atoms with Crippen molar-refractivity contribution in [2.75, 3.05) is 6.54 Å². The molecule has 2 heterocycles. The Morgan fingerprint density at radius 2 is 2.43 bits per heavy atom. The molecule has 2 fully saturated rings. The molecule has 2 nitrogen and oxygen atoms in total. The van der Waals surface area contributed by atoms with Crippen molar-refractivity contribution < 1.29 is 0 Å². The summed E-state index contributed by atoms with van der Waals surface area (Å²) in [5.41, 5.74) is 5.60. The van der Waals surface area contributed by atoms with Gasteiger partial charge in [0.1, 0.15) is 0 Å². The van der Waals surface area contributed by atoms with E-state index in [1.807, 2.05) is 0 Å². The monoisotopic (exact) mass is 98.1 g/mol. The molecule has 0 amide bonds. The summed E-state index contributed by atoms with van der Waals surface area (Å²) in [5, 5.41) is 0. The standard InChI is InChI=1S/C5H10N2/c6-5-4-2-1-3-7(4)5/h4-5H,1-3,6H2. The Morgan fingerprint density at radius 1 is 1.57 bits per heavy atom. The lowest BCUT2D eigenvalue weighted by atomic mass is 10.2. The molecule has 7 heavy (non-hydrogen) atoms. The fourth-order valence-electron chi connectivity index (χ4n) is 1.49. The first-order valence-electron chi connectivity index (χ1n) is 2.91. The lowest BCUT2D eigenvalue weighted by Gasteiger charge is -1.91. The van der Waals surface area contributed by atoms with Crippen LogP contribution in [0.1, 0.15) is 12.8 Å². The molecule has 3 unspecified atom stereocenters. The van der Waals surface area contributed by atoms with Gasteiger partial charge in [-0.1, -0.05) is 0 Å².